The topological polar surface area (TPSA) is 103 Å². The maximum Gasteiger partial charge on any atom is 0.321 e. The van der Waals surface area contributed by atoms with Crippen molar-refractivity contribution in [2.24, 2.45) is 5.92 Å². The fraction of sp³-hybridized carbons (Fsp3) is 0.571. The van der Waals surface area contributed by atoms with Crippen LogP contribution in [0.4, 0.5) is 21.0 Å². The fourth-order valence-corrected chi connectivity index (χ4v) is 3.06. The van der Waals surface area contributed by atoms with E-state index in [-0.39, 0.29) is 29.9 Å². The van der Waals surface area contributed by atoms with Gasteiger partial charge in [0, 0.05) is 43.0 Å². The number of piperidine rings is 1. The van der Waals surface area contributed by atoms with Gasteiger partial charge in [0.25, 0.3) is 0 Å². The molecule has 160 valence electrons. The zero-order valence-corrected chi connectivity index (χ0v) is 17.6. The van der Waals surface area contributed by atoms with Gasteiger partial charge < -0.3 is 26.2 Å². The molecule has 0 aromatic heterocycles. The lowest BCUT2D eigenvalue weighted by molar-refractivity contribution is -0.126. The highest BCUT2D eigenvalue weighted by molar-refractivity contribution is 5.91. The van der Waals surface area contributed by atoms with Crippen LogP contribution in [0, 0.1) is 5.92 Å². The number of rotatable bonds is 7. The third-order valence-corrected chi connectivity index (χ3v) is 5.08. The molecule has 0 saturated carbocycles. The summed E-state index contributed by atoms with van der Waals surface area (Å²) in [6.45, 7) is 7.77. The summed E-state index contributed by atoms with van der Waals surface area (Å²) in [6, 6.07) is 6.74. The Morgan fingerprint density at radius 3 is 2.17 bits per heavy atom. The van der Waals surface area contributed by atoms with Gasteiger partial charge in [0.1, 0.15) is 0 Å². The largest absolute Gasteiger partial charge is 0.353 e. The summed E-state index contributed by atoms with van der Waals surface area (Å²) in [7, 11) is 0. The van der Waals surface area contributed by atoms with Crippen molar-refractivity contribution in [1.82, 2.24) is 15.5 Å². The molecule has 0 aliphatic carbocycles. The van der Waals surface area contributed by atoms with Crippen molar-refractivity contribution >= 4 is 29.3 Å². The van der Waals surface area contributed by atoms with E-state index in [0.717, 1.165) is 12.8 Å². The first kappa shape index (κ1) is 22.5. The van der Waals surface area contributed by atoms with E-state index in [0.29, 0.717) is 43.9 Å². The molecular weight excluding hydrogens is 370 g/mol. The number of hydrogen-bond acceptors (Lipinski definition) is 3. The van der Waals surface area contributed by atoms with Crippen LogP contribution >= 0.6 is 0 Å². The van der Waals surface area contributed by atoms with E-state index < -0.39 is 0 Å². The molecule has 8 heteroatoms. The van der Waals surface area contributed by atoms with Crippen molar-refractivity contribution in [3.05, 3.63) is 24.3 Å². The lowest BCUT2D eigenvalue weighted by Gasteiger charge is -2.31. The van der Waals surface area contributed by atoms with Crippen molar-refractivity contribution in [2.45, 2.75) is 52.5 Å². The van der Waals surface area contributed by atoms with Crippen LogP contribution in [-0.2, 0) is 4.79 Å². The second kappa shape index (κ2) is 11.3. The molecule has 1 aliphatic rings. The monoisotopic (exact) mass is 403 g/mol. The minimum absolute atomic E-state index is 0.0303. The number of likely N-dealkylation sites (tertiary alicyclic amines) is 1. The summed E-state index contributed by atoms with van der Waals surface area (Å²) >= 11 is 0. The van der Waals surface area contributed by atoms with Crippen molar-refractivity contribution in [1.29, 1.82) is 0 Å². The summed E-state index contributed by atoms with van der Waals surface area (Å²) in [5, 5.41) is 11.4. The highest BCUT2D eigenvalue weighted by Gasteiger charge is 2.27. The highest BCUT2D eigenvalue weighted by atomic mass is 16.2. The molecule has 0 bridgehead atoms. The fourth-order valence-electron chi connectivity index (χ4n) is 3.06. The van der Waals surface area contributed by atoms with Gasteiger partial charge in [-0.05, 0) is 56.9 Å². The van der Waals surface area contributed by atoms with Crippen molar-refractivity contribution < 1.29 is 14.4 Å². The SMILES string of the molecule is CCCNC(=O)Nc1ccc(NC(=O)N2CCC(C(=O)NC(C)CC)CC2)cc1. The van der Waals surface area contributed by atoms with E-state index >= 15 is 0 Å². The van der Waals surface area contributed by atoms with E-state index in [2.05, 4.69) is 21.3 Å². The Kier molecular flexibility index (Phi) is 8.76. The van der Waals surface area contributed by atoms with Crippen LogP contribution in [0.5, 0.6) is 0 Å². The number of amides is 5. The molecule has 0 spiro atoms. The minimum Gasteiger partial charge on any atom is -0.353 e. The highest BCUT2D eigenvalue weighted by Crippen LogP contribution is 2.19. The van der Waals surface area contributed by atoms with E-state index in [4.69, 9.17) is 0 Å². The van der Waals surface area contributed by atoms with Gasteiger partial charge in [-0.25, -0.2) is 9.59 Å². The van der Waals surface area contributed by atoms with E-state index in [1.54, 1.807) is 29.2 Å². The number of carbonyl (C=O) groups excluding carboxylic acids is 3. The van der Waals surface area contributed by atoms with Crippen molar-refractivity contribution in [3.8, 4) is 0 Å². The van der Waals surface area contributed by atoms with Crippen LogP contribution in [0.25, 0.3) is 0 Å². The number of urea groups is 2. The molecule has 8 nitrogen and oxygen atoms in total. The summed E-state index contributed by atoms with van der Waals surface area (Å²) < 4.78 is 0. The Morgan fingerprint density at radius 1 is 1.03 bits per heavy atom. The van der Waals surface area contributed by atoms with Crippen LogP contribution in [0.1, 0.15) is 46.5 Å². The number of hydrogen-bond donors (Lipinski definition) is 4. The lowest BCUT2D eigenvalue weighted by atomic mass is 9.95. The number of nitrogens with zero attached hydrogens (tertiary/aromatic N) is 1. The summed E-state index contributed by atoms with van der Waals surface area (Å²) in [4.78, 5) is 38.1. The van der Waals surface area contributed by atoms with Gasteiger partial charge in [0.2, 0.25) is 5.91 Å². The Bertz CT molecular complexity index is 684. The lowest BCUT2D eigenvalue weighted by Crippen LogP contribution is -2.45. The van der Waals surface area contributed by atoms with E-state index in [1.165, 1.54) is 0 Å². The number of benzene rings is 1. The Labute approximate surface area is 172 Å². The quantitative estimate of drug-likeness (QED) is 0.561. The number of nitrogens with one attached hydrogen (secondary N) is 4. The second-order valence-electron chi connectivity index (χ2n) is 7.47. The molecule has 2 rings (SSSR count). The maximum absolute atomic E-state index is 12.5. The molecule has 1 heterocycles. The molecule has 29 heavy (non-hydrogen) atoms. The zero-order chi connectivity index (χ0) is 21.2. The van der Waals surface area contributed by atoms with Crippen LogP contribution in [-0.4, -0.2) is 48.5 Å². The van der Waals surface area contributed by atoms with Gasteiger partial charge in [-0.15, -0.1) is 0 Å². The molecule has 4 N–H and O–H groups in total. The molecule has 1 atom stereocenters. The Hall–Kier alpha value is -2.77. The Morgan fingerprint density at radius 2 is 1.62 bits per heavy atom. The molecule has 1 fully saturated rings. The van der Waals surface area contributed by atoms with Gasteiger partial charge in [-0.1, -0.05) is 13.8 Å². The summed E-state index contributed by atoms with van der Waals surface area (Å²) in [5.41, 5.74) is 1.32. The van der Waals surface area contributed by atoms with Gasteiger partial charge in [0.05, 0.1) is 0 Å². The van der Waals surface area contributed by atoms with Crippen molar-refractivity contribution in [2.75, 3.05) is 30.3 Å². The average Bonchev–Trinajstić information content (AvgIpc) is 2.73. The smallest absolute Gasteiger partial charge is 0.321 e. The third kappa shape index (κ3) is 7.29. The normalized spacial score (nSPS) is 15.3. The first-order chi connectivity index (χ1) is 13.9. The molecule has 1 saturated heterocycles. The molecular formula is C21H33N5O3. The van der Waals surface area contributed by atoms with E-state index in [9.17, 15) is 14.4 Å². The number of carbonyl (C=O) groups is 3. The standard InChI is InChI=1S/C21H33N5O3/c1-4-12-22-20(28)24-17-6-8-18(9-7-17)25-21(29)26-13-10-16(11-14-26)19(27)23-15(3)5-2/h6-9,15-16H,4-5,10-14H2,1-3H3,(H,23,27)(H,25,29)(H2,22,24,28). The van der Waals surface area contributed by atoms with Crippen LogP contribution < -0.4 is 21.3 Å². The molecule has 5 amide bonds. The Balaban J connectivity index is 1.78. The van der Waals surface area contributed by atoms with Crippen LogP contribution in [0.15, 0.2) is 24.3 Å². The van der Waals surface area contributed by atoms with Crippen molar-refractivity contribution in [3.63, 3.8) is 0 Å². The van der Waals surface area contributed by atoms with Gasteiger partial charge in [-0.2, -0.15) is 0 Å². The second-order valence-corrected chi connectivity index (χ2v) is 7.47. The number of anilines is 2. The van der Waals surface area contributed by atoms with Gasteiger partial charge in [-0.3, -0.25) is 4.79 Å². The maximum atomic E-state index is 12.5. The van der Waals surface area contributed by atoms with Crippen LogP contribution in [0.3, 0.4) is 0 Å². The first-order valence-corrected chi connectivity index (χ1v) is 10.4. The van der Waals surface area contributed by atoms with Gasteiger partial charge in [0.15, 0.2) is 0 Å². The predicted octanol–water partition coefficient (Wildman–Crippen LogP) is 3.38. The molecule has 0 radical (unpaired) electrons. The van der Waals surface area contributed by atoms with Gasteiger partial charge >= 0.3 is 12.1 Å². The molecule has 1 unspecified atom stereocenters. The van der Waals surface area contributed by atoms with Crippen LogP contribution in [0.2, 0.25) is 0 Å². The zero-order valence-electron chi connectivity index (χ0n) is 17.6. The summed E-state index contributed by atoms with van der Waals surface area (Å²) in [6.07, 6.45) is 3.12. The molecule has 1 aromatic rings. The van der Waals surface area contributed by atoms with E-state index in [1.807, 2.05) is 20.8 Å². The average molecular weight is 404 g/mol. The predicted molar refractivity (Wildman–Crippen MR) is 115 cm³/mol. The molecule has 1 aromatic carbocycles. The molecule has 1 aliphatic heterocycles. The summed E-state index contributed by atoms with van der Waals surface area (Å²) in [5.74, 6) is 0.0581. The third-order valence-electron chi connectivity index (χ3n) is 5.08. The minimum atomic E-state index is -0.246. The first-order valence-electron chi connectivity index (χ1n) is 10.4.